The summed E-state index contributed by atoms with van der Waals surface area (Å²) >= 11 is 1.45. The number of aliphatic carboxylic acids is 1. The molecule has 0 aliphatic carbocycles. The molecule has 0 spiro atoms. The SMILES string of the molecule is Cc1nnc(N2CCC[C@@H]2C(=O)O)s1. The molecule has 1 aliphatic rings. The minimum atomic E-state index is -0.768. The lowest BCUT2D eigenvalue weighted by atomic mass is 10.2. The smallest absolute Gasteiger partial charge is 0.326 e. The Kier molecular flexibility index (Phi) is 2.37. The summed E-state index contributed by atoms with van der Waals surface area (Å²) in [5.74, 6) is -0.768. The molecular formula is C8H11N3O2S. The lowest BCUT2D eigenvalue weighted by Gasteiger charge is -2.19. The highest BCUT2D eigenvalue weighted by molar-refractivity contribution is 7.15. The summed E-state index contributed by atoms with van der Waals surface area (Å²) in [6.45, 7) is 2.64. The molecule has 1 saturated heterocycles. The van der Waals surface area contributed by atoms with E-state index in [0.717, 1.165) is 23.1 Å². The standard InChI is InChI=1S/C8H11N3O2S/c1-5-9-10-8(14-5)11-4-2-3-6(11)7(12)13/h6H,2-4H2,1H3,(H,12,13)/t6-/m1/s1. The maximum atomic E-state index is 10.9. The van der Waals surface area contributed by atoms with Crippen LogP contribution in [0.15, 0.2) is 0 Å². The molecule has 0 radical (unpaired) electrons. The van der Waals surface area contributed by atoms with Gasteiger partial charge in [-0.05, 0) is 19.8 Å². The molecule has 0 amide bonds. The average molecular weight is 213 g/mol. The minimum Gasteiger partial charge on any atom is -0.480 e. The summed E-state index contributed by atoms with van der Waals surface area (Å²) in [6.07, 6.45) is 1.61. The van der Waals surface area contributed by atoms with Crippen LogP contribution in [0.4, 0.5) is 5.13 Å². The zero-order valence-corrected chi connectivity index (χ0v) is 8.62. The Bertz CT molecular complexity index is 352. The second-order valence-corrected chi connectivity index (χ2v) is 4.45. The second-order valence-electron chi connectivity index (χ2n) is 3.29. The van der Waals surface area contributed by atoms with Crippen LogP contribution in [-0.4, -0.2) is 33.9 Å². The van der Waals surface area contributed by atoms with Crippen LogP contribution < -0.4 is 4.90 Å². The van der Waals surface area contributed by atoms with Crippen LogP contribution in [0.25, 0.3) is 0 Å². The van der Waals surface area contributed by atoms with Crippen molar-refractivity contribution in [2.45, 2.75) is 25.8 Å². The molecule has 1 N–H and O–H groups in total. The number of aryl methyl sites for hydroxylation is 1. The minimum absolute atomic E-state index is 0.414. The number of carboxylic acids is 1. The Morgan fingerprint density at radius 1 is 1.64 bits per heavy atom. The van der Waals surface area contributed by atoms with Crippen molar-refractivity contribution in [3.63, 3.8) is 0 Å². The number of hydrogen-bond donors (Lipinski definition) is 1. The number of rotatable bonds is 2. The van der Waals surface area contributed by atoms with Gasteiger partial charge in [-0.1, -0.05) is 11.3 Å². The first-order valence-electron chi connectivity index (χ1n) is 4.48. The number of carboxylic acid groups (broad SMARTS) is 1. The first kappa shape index (κ1) is 9.39. The number of carbonyl (C=O) groups is 1. The number of nitrogens with zero attached hydrogens (tertiary/aromatic N) is 3. The van der Waals surface area contributed by atoms with Crippen molar-refractivity contribution < 1.29 is 9.90 Å². The zero-order valence-electron chi connectivity index (χ0n) is 7.80. The van der Waals surface area contributed by atoms with Crippen LogP contribution in [0.3, 0.4) is 0 Å². The molecule has 14 heavy (non-hydrogen) atoms. The third-order valence-electron chi connectivity index (χ3n) is 2.30. The molecule has 0 unspecified atom stereocenters. The van der Waals surface area contributed by atoms with E-state index in [9.17, 15) is 4.79 Å². The van der Waals surface area contributed by atoms with Crippen LogP contribution in [-0.2, 0) is 4.79 Å². The molecule has 0 bridgehead atoms. The van der Waals surface area contributed by atoms with Gasteiger partial charge < -0.3 is 10.0 Å². The molecule has 76 valence electrons. The lowest BCUT2D eigenvalue weighted by molar-refractivity contribution is -0.138. The molecule has 2 rings (SSSR count). The molecule has 1 atom stereocenters. The van der Waals surface area contributed by atoms with Gasteiger partial charge in [0.2, 0.25) is 5.13 Å². The summed E-state index contributed by atoms with van der Waals surface area (Å²) in [6, 6.07) is -0.414. The van der Waals surface area contributed by atoms with Gasteiger partial charge in [-0.3, -0.25) is 0 Å². The summed E-state index contributed by atoms with van der Waals surface area (Å²) in [5.41, 5.74) is 0. The van der Waals surface area contributed by atoms with E-state index in [0.29, 0.717) is 6.42 Å². The van der Waals surface area contributed by atoms with E-state index >= 15 is 0 Å². The van der Waals surface area contributed by atoms with Gasteiger partial charge in [0.1, 0.15) is 11.0 Å². The van der Waals surface area contributed by atoms with Gasteiger partial charge in [0.15, 0.2) is 0 Å². The first-order chi connectivity index (χ1) is 6.68. The predicted molar refractivity (Wildman–Crippen MR) is 52.6 cm³/mol. The van der Waals surface area contributed by atoms with Crippen LogP contribution >= 0.6 is 11.3 Å². The highest BCUT2D eigenvalue weighted by Gasteiger charge is 2.32. The second kappa shape index (κ2) is 3.53. The molecular weight excluding hydrogens is 202 g/mol. The van der Waals surface area contributed by atoms with Crippen molar-refractivity contribution in [1.82, 2.24) is 10.2 Å². The Morgan fingerprint density at radius 3 is 3.00 bits per heavy atom. The summed E-state index contributed by atoms with van der Waals surface area (Å²) < 4.78 is 0. The molecule has 1 aromatic rings. The summed E-state index contributed by atoms with van der Waals surface area (Å²) in [7, 11) is 0. The first-order valence-corrected chi connectivity index (χ1v) is 5.29. The van der Waals surface area contributed by atoms with Crippen molar-refractivity contribution in [3.05, 3.63) is 5.01 Å². The normalized spacial score (nSPS) is 21.5. The molecule has 0 saturated carbocycles. The number of aromatic nitrogens is 2. The monoisotopic (exact) mass is 213 g/mol. The third kappa shape index (κ3) is 1.57. The van der Waals surface area contributed by atoms with Gasteiger partial charge in [-0.15, -0.1) is 10.2 Å². The highest BCUT2D eigenvalue weighted by Crippen LogP contribution is 2.27. The molecule has 1 aliphatic heterocycles. The largest absolute Gasteiger partial charge is 0.480 e. The van der Waals surface area contributed by atoms with Crippen LogP contribution in [0.2, 0.25) is 0 Å². The van der Waals surface area contributed by atoms with Crippen LogP contribution in [0.1, 0.15) is 17.8 Å². The van der Waals surface area contributed by atoms with Crippen LogP contribution in [0.5, 0.6) is 0 Å². The van der Waals surface area contributed by atoms with E-state index in [2.05, 4.69) is 10.2 Å². The van der Waals surface area contributed by atoms with Crippen LogP contribution in [0, 0.1) is 6.92 Å². The summed E-state index contributed by atoms with van der Waals surface area (Å²) in [5, 5.41) is 18.4. The van der Waals surface area contributed by atoms with Crippen molar-refractivity contribution in [2.24, 2.45) is 0 Å². The van der Waals surface area contributed by atoms with Gasteiger partial charge >= 0.3 is 5.97 Å². The van der Waals surface area contributed by atoms with Crippen molar-refractivity contribution in [1.29, 1.82) is 0 Å². The van der Waals surface area contributed by atoms with E-state index in [1.54, 1.807) is 0 Å². The van der Waals surface area contributed by atoms with E-state index in [-0.39, 0.29) is 0 Å². The maximum absolute atomic E-state index is 10.9. The quantitative estimate of drug-likeness (QED) is 0.790. The van der Waals surface area contributed by atoms with E-state index < -0.39 is 12.0 Å². The Morgan fingerprint density at radius 2 is 2.43 bits per heavy atom. The van der Waals surface area contributed by atoms with Gasteiger partial charge in [0.25, 0.3) is 0 Å². The zero-order chi connectivity index (χ0) is 10.1. The fourth-order valence-corrected chi connectivity index (χ4v) is 2.42. The van der Waals surface area contributed by atoms with Crippen molar-refractivity contribution in [2.75, 3.05) is 11.4 Å². The van der Waals surface area contributed by atoms with Crippen molar-refractivity contribution in [3.8, 4) is 0 Å². The molecule has 0 aromatic carbocycles. The van der Waals surface area contributed by atoms with E-state index in [4.69, 9.17) is 5.11 Å². The molecule has 1 fully saturated rings. The maximum Gasteiger partial charge on any atom is 0.326 e. The lowest BCUT2D eigenvalue weighted by Crippen LogP contribution is -2.35. The average Bonchev–Trinajstić information content (AvgIpc) is 2.70. The van der Waals surface area contributed by atoms with Gasteiger partial charge in [-0.2, -0.15) is 0 Å². The van der Waals surface area contributed by atoms with Gasteiger partial charge in [0, 0.05) is 6.54 Å². The fourth-order valence-electron chi connectivity index (χ4n) is 1.65. The molecule has 1 aromatic heterocycles. The fraction of sp³-hybridized carbons (Fsp3) is 0.625. The molecule has 5 nitrogen and oxygen atoms in total. The number of hydrogen-bond acceptors (Lipinski definition) is 5. The Labute approximate surface area is 85.4 Å². The predicted octanol–water partition coefficient (Wildman–Crippen LogP) is 0.900. The molecule has 6 heteroatoms. The van der Waals surface area contributed by atoms with Crippen molar-refractivity contribution >= 4 is 22.4 Å². The Balaban J connectivity index is 2.21. The topological polar surface area (TPSA) is 66.3 Å². The van der Waals surface area contributed by atoms with Gasteiger partial charge in [-0.25, -0.2) is 4.79 Å². The highest BCUT2D eigenvalue weighted by atomic mass is 32.1. The third-order valence-corrected chi connectivity index (χ3v) is 3.17. The van der Waals surface area contributed by atoms with E-state index in [1.807, 2.05) is 11.8 Å². The van der Waals surface area contributed by atoms with E-state index in [1.165, 1.54) is 11.3 Å². The Hall–Kier alpha value is -1.17. The summed E-state index contributed by atoms with van der Waals surface area (Å²) in [4.78, 5) is 12.7. The molecule has 2 heterocycles. The number of anilines is 1. The van der Waals surface area contributed by atoms with Gasteiger partial charge in [0.05, 0.1) is 0 Å².